The highest BCUT2D eigenvalue weighted by Gasteiger charge is 2.44. The van der Waals surface area contributed by atoms with E-state index in [1.165, 1.54) is 14.2 Å². The van der Waals surface area contributed by atoms with Crippen molar-refractivity contribution in [1.29, 1.82) is 0 Å². The van der Waals surface area contributed by atoms with Gasteiger partial charge in [0, 0.05) is 43.6 Å². The Bertz CT molecular complexity index is 2550. The minimum Gasteiger partial charge on any atom is -0.488 e. The molecule has 2 fully saturated rings. The lowest BCUT2D eigenvalue weighted by atomic mass is 9.92. The van der Waals surface area contributed by atoms with Gasteiger partial charge in [-0.2, -0.15) is 0 Å². The molecule has 0 aliphatic carbocycles. The zero-order chi connectivity index (χ0) is 44.9. The monoisotopic (exact) mass is 862 g/mol. The number of carbonyl (C=O) groups excluding carboxylic acids is 3. The van der Waals surface area contributed by atoms with E-state index in [0.29, 0.717) is 37.8 Å². The van der Waals surface area contributed by atoms with E-state index in [1.54, 1.807) is 12.0 Å². The maximum absolute atomic E-state index is 14.1. The Morgan fingerprint density at radius 2 is 1.76 bits per heavy atom. The number of aromatic nitrogens is 4. The Morgan fingerprint density at radius 1 is 0.968 bits per heavy atom. The van der Waals surface area contributed by atoms with E-state index in [1.807, 2.05) is 50.9 Å². The molecule has 0 saturated carbocycles. The molecule has 63 heavy (non-hydrogen) atoms. The molecule has 4 amide bonds. The molecule has 16 nitrogen and oxygen atoms in total. The van der Waals surface area contributed by atoms with Crippen molar-refractivity contribution in [2.24, 2.45) is 17.8 Å². The second-order valence-electron chi connectivity index (χ2n) is 17.9. The zero-order valence-corrected chi connectivity index (χ0v) is 37.2. The number of alkyl carbamates (subject to hydrolysis) is 1. The number of likely N-dealkylation sites (N-methyl/N-ethyl adjacent to an activating group) is 1. The van der Waals surface area contributed by atoms with Crippen LogP contribution in [0.25, 0.3) is 44.2 Å². The molecule has 5 heterocycles. The second kappa shape index (κ2) is 17.5. The third-order valence-corrected chi connectivity index (χ3v) is 13.2. The van der Waals surface area contributed by atoms with E-state index in [-0.39, 0.29) is 47.7 Å². The summed E-state index contributed by atoms with van der Waals surface area (Å²) in [6.45, 7) is 10.9. The van der Waals surface area contributed by atoms with Gasteiger partial charge in [0.25, 0.3) is 0 Å². The molecule has 0 radical (unpaired) electrons. The molecule has 334 valence electrons. The predicted octanol–water partition coefficient (Wildman–Crippen LogP) is 7.66. The molecule has 5 aromatic rings. The van der Waals surface area contributed by atoms with Gasteiger partial charge < -0.3 is 44.4 Å². The minimum atomic E-state index is -1.15. The van der Waals surface area contributed by atoms with Crippen molar-refractivity contribution in [3.8, 4) is 28.1 Å². The third kappa shape index (κ3) is 8.05. The first-order valence-corrected chi connectivity index (χ1v) is 21.9. The molecule has 3 aliphatic heterocycles. The molecule has 2 aromatic heterocycles. The van der Waals surface area contributed by atoms with Crippen LogP contribution in [-0.4, -0.2) is 116 Å². The highest BCUT2D eigenvalue weighted by atomic mass is 16.5. The predicted molar refractivity (Wildman–Crippen MR) is 237 cm³/mol. The summed E-state index contributed by atoms with van der Waals surface area (Å²) in [5.41, 5.74) is 6.45. The van der Waals surface area contributed by atoms with E-state index in [2.05, 4.69) is 52.5 Å². The van der Waals surface area contributed by atoms with Crippen molar-refractivity contribution in [2.75, 3.05) is 34.4 Å². The number of hydrogen-bond acceptors (Lipinski definition) is 9. The molecule has 8 rings (SSSR count). The van der Waals surface area contributed by atoms with Crippen LogP contribution >= 0.6 is 0 Å². The number of aromatic amines is 2. The summed E-state index contributed by atoms with van der Waals surface area (Å²) in [7, 11) is 4.39. The summed E-state index contributed by atoms with van der Waals surface area (Å²) in [5, 5.41) is 14.5. The van der Waals surface area contributed by atoms with Crippen LogP contribution in [0.4, 0.5) is 9.59 Å². The van der Waals surface area contributed by atoms with Crippen LogP contribution in [-0.2, 0) is 25.7 Å². The molecule has 0 unspecified atom stereocenters. The van der Waals surface area contributed by atoms with Crippen LogP contribution in [0.2, 0.25) is 0 Å². The van der Waals surface area contributed by atoms with Crippen molar-refractivity contribution in [3.05, 3.63) is 65.9 Å². The van der Waals surface area contributed by atoms with Crippen molar-refractivity contribution in [1.82, 2.24) is 40.0 Å². The van der Waals surface area contributed by atoms with Crippen LogP contribution in [0, 0.1) is 17.8 Å². The second-order valence-corrected chi connectivity index (χ2v) is 17.9. The number of benzene rings is 3. The fourth-order valence-electron chi connectivity index (χ4n) is 10.0. The number of likely N-dealkylation sites (tertiary alicyclic amines) is 2. The Kier molecular flexibility index (Phi) is 12.1. The topological polar surface area (TPSA) is 195 Å². The lowest BCUT2D eigenvalue weighted by molar-refractivity contribution is -0.139. The molecule has 2 saturated heterocycles. The number of carbonyl (C=O) groups is 4. The number of hydrogen-bond donors (Lipinski definition) is 4. The Labute approximate surface area is 366 Å². The lowest BCUT2D eigenvalue weighted by Gasteiger charge is -2.34. The molecule has 4 N–H and O–H groups in total. The van der Waals surface area contributed by atoms with Crippen LogP contribution in [0.1, 0.15) is 89.6 Å². The highest BCUT2D eigenvalue weighted by Crippen LogP contribution is 2.44. The van der Waals surface area contributed by atoms with E-state index in [4.69, 9.17) is 24.2 Å². The molecular formula is C47H58N8O8. The van der Waals surface area contributed by atoms with Crippen LogP contribution in [0.15, 0.2) is 48.7 Å². The quantitative estimate of drug-likeness (QED) is 0.0967. The Balaban J connectivity index is 1.06. The van der Waals surface area contributed by atoms with Gasteiger partial charge in [0.05, 0.1) is 48.7 Å². The summed E-state index contributed by atoms with van der Waals surface area (Å²) in [5.74, 6) is 1.42. The summed E-state index contributed by atoms with van der Waals surface area (Å²) in [6.07, 6.45) is 3.05. The number of amides is 4. The first-order valence-electron chi connectivity index (χ1n) is 21.9. The fourth-order valence-corrected chi connectivity index (χ4v) is 10.0. The zero-order valence-electron chi connectivity index (χ0n) is 37.2. The minimum absolute atomic E-state index is 0.0273. The largest absolute Gasteiger partial charge is 0.488 e. The maximum atomic E-state index is 14.1. The van der Waals surface area contributed by atoms with Gasteiger partial charge in [-0.1, -0.05) is 52.8 Å². The van der Waals surface area contributed by atoms with Crippen molar-refractivity contribution in [3.63, 3.8) is 0 Å². The molecular weight excluding hydrogens is 805 g/mol. The van der Waals surface area contributed by atoms with Gasteiger partial charge in [0.1, 0.15) is 36.1 Å². The van der Waals surface area contributed by atoms with Crippen molar-refractivity contribution < 1.29 is 38.5 Å². The first-order chi connectivity index (χ1) is 30.2. The molecule has 0 bridgehead atoms. The third-order valence-electron chi connectivity index (χ3n) is 13.2. The van der Waals surface area contributed by atoms with Gasteiger partial charge in [-0.15, -0.1) is 0 Å². The van der Waals surface area contributed by atoms with Gasteiger partial charge in [-0.25, -0.2) is 19.6 Å². The van der Waals surface area contributed by atoms with Crippen LogP contribution in [0.3, 0.4) is 0 Å². The molecule has 16 heteroatoms. The molecule has 6 atom stereocenters. The number of methoxy groups -OCH3 is 2. The number of rotatable bonds is 12. The molecule has 3 aromatic carbocycles. The average Bonchev–Trinajstić information content (AvgIpc) is 4.09. The summed E-state index contributed by atoms with van der Waals surface area (Å²) in [6, 6.07) is 12.4. The van der Waals surface area contributed by atoms with Crippen LogP contribution < -0.4 is 10.1 Å². The smallest absolute Gasteiger partial charge is 0.407 e. The van der Waals surface area contributed by atoms with E-state index >= 15 is 0 Å². The molecule has 0 spiro atoms. The number of imidazole rings is 2. The Morgan fingerprint density at radius 3 is 2.46 bits per heavy atom. The van der Waals surface area contributed by atoms with Gasteiger partial charge in [-0.3, -0.25) is 14.5 Å². The van der Waals surface area contributed by atoms with Gasteiger partial charge in [0.15, 0.2) is 0 Å². The van der Waals surface area contributed by atoms with Gasteiger partial charge in [0.2, 0.25) is 11.8 Å². The summed E-state index contributed by atoms with van der Waals surface area (Å²) in [4.78, 5) is 74.0. The van der Waals surface area contributed by atoms with Gasteiger partial charge in [-0.05, 0) is 83.9 Å². The Hall–Kier alpha value is -6.16. The van der Waals surface area contributed by atoms with Gasteiger partial charge >= 0.3 is 12.2 Å². The number of H-pyrrole nitrogens is 2. The number of ether oxygens (including phenoxy) is 3. The van der Waals surface area contributed by atoms with Crippen LogP contribution in [0.5, 0.6) is 5.75 Å². The fraction of sp³-hybridized carbons (Fsp3) is 0.489. The number of nitrogens with one attached hydrogen (secondary N) is 3. The summed E-state index contributed by atoms with van der Waals surface area (Å²) >= 11 is 0. The standard InChI is InChI=1S/C47H58N8O8/c1-9-30-12-15-36(55(30)44(56)39(24(2)3)52-46(58)62-8)42-48-20-35(50-42)28-10-13-31-29(17-28)23-63-38-19-32-27(18-33(31)38)11-14-34-40(32)51-43(49-34)37-16-26(22-61-7)21-54(37)45(57)41(25(4)5)53(6)47(59)60/h10-11,13-14,17-20,24-26,30,36-37,39,41H,9,12,15-16,21-23H2,1-8H3,(H,48,50)(H,49,51)(H,52,58)(H,59,60)/t26-,30-,36-,37-,39-,41-/m0/s1. The first kappa shape index (κ1) is 43.5. The van der Waals surface area contributed by atoms with E-state index in [0.717, 1.165) is 79.7 Å². The number of carboxylic acid groups (broad SMARTS) is 1. The van der Waals surface area contributed by atoms with E-state index < -0.39 is 24.3 Å². The lowest BCUT2D eigenvalue weighted by Crippen LogP contribution is -2.53. The normalized spacial score (nSPS) is 20.5. The van der Waals surface area contributed by atoms with E-state index in [9.17, 15) is 24.3 Å². The molecule has 3 aliphatic rings. The van der Waals surface area contributed by atoms with Crippen molar-refractivity contribution in [2.45, 2.75) is 97.1 Å². The highest BCUT2D eigenvalue weighted by molar-refractivity contribution is 6.07. The number of nitrogens with zero attached hydrogens (tertiary/aromatic N) is 5. The maximum Gasteiger partial charge on any atom is 0.407 e. The number of fused-ring (bicyclic) bond motifs is 6. The average molecular weight is 863 g/mol. The van der Waals surface area contributed by atoms with Crippen molar-refractivity contribution >= 4 is 45.8 Å². The summed E-state index contributed by atoms with van der Waals surface area (Å²) < 4.78 is 16.8. The SMILES string of the molecule is CC[C@H]1CC[C@@H](c2ncc(-c3ccc4c(c3)COc3cc5c(ccc6nc([C@@H]7C[C@H](COC)CN7C(=O)[C@H](C(C)C)N(C)C(=O)O)[nH]c65)cc3-4)[nH]2)N1C(=O)[C@@H](NC(=O)OC)C(C)C.